The van der Waals surface area contributed by atoms with Crippen molar-refractivity contribution >= 4 is 0 Å². The first-order valence-electron chi connectivity index (χ1n) is 13.0. The summed E-state index contributed by atoms with van der Waals surface area (Å²) in [4.78, 5) is 0. The number of aliphatic hydroxyl groups is 1. The summed E-state index contributed by atoms with van der Waals surface area (Å²) >= 11 is 0. The quantitative estimate of drug-likeness (QED) is 0.287. The fourth-order valence-electron chi connectivity index (χ4n) is 4.56. The van der Waals surface area contributed by atoms with Gasteiger partial charge in [-0.2, -0.15) is 0 Å². The molecule has 1 fully saturated rings. The molecule has 1 saturated heterocycles. The average molecular weight is 519 g/mol. The Balaban J connectivity index is 1.56. The second-order valence-corrected chi connectivity index (χ2v) is 9.89. The molecule has 6 heteroatoms. The molecule has 0 radical (unpaired) electrons. The molecule has 4 rings (SSSR count). The molecule has 0 amide bonds. The third kappa shape index (κ3) is 8.08. The maximum absolute atomic E-state index is 11.4. The maximum atomic E-state index is 11.4. The molecule has 0 aromatic heterocycles. The van der Waals surface area contributed by atoms with Gasteiger partial charge in [-0.1, -0.05) is 97.1 Å². The number of aliphatic hydroxyl groups excluding tert-OH is 1. The first-order valence-corrected chi connectivity index (χ1v) is 13.0. The molecule has 3 aromatic carbocycles. The lowest BCUT2D eigenvalue weighted by Crippen LogP contribution is -2.52. The molecule has 0 unspecified atom stereocenters. The van der Waals surface area contributed by atoms with Crippen LogP contribution >= 0.6 is 0 Å². The van der Waals surface area contributed by atoms with Crippen LogP contribution < -0.4 is 0 Å². The van der Waals surface area contributed by atoms with Gasteiger partial charge in [-0.15, -0.1) is 6.58 Å². The van der Waals surface area contributed by atoms with E-state index in [1.54, 1.807) is 6.08 Å². The second kappa shape index (κ2) is 13.8. The first kappa shape index (κ1) is 28.2. The Kier molecular flexibility index (Phi) is 10.2. The second-order valence-electron chi connectivity index (χ2n) is 9.89. The van der Waals surface area contributed by atoms with Crippen molar-refractivity contribution in [2.75, 3.05) is 6.61 Å². The van der Waals surface area contributed by atoms with E-state index in [2.05, 4.69) is 6.58 Å². The molecular formula is C32H38O6. The molecule has 1 aliphatic heterocycles. The Morgan fingerprint density at radius 1 is 0.789 bits per heavy atom. The standard InChI is InChI=1S/C32H38O6/c1-4-28-30(38-32(2,3)37-28)31(36-22-26-18-12-7-13-19-26)29(35-21-25-16-10-6-11-17-25)27(33)23-34-20-24-14-8-5-9-15-24/h4-19,27-31,33H,1,20-23H2,2-3H3/t27-,28+,29-,30-,31+/m1/s1. The topological polar surface area (TPSA) is 66.4 Å². The van der Waals surface area contributed by atoms with Crippen LogP contribution in [-0.2, 0) is 43.5 Å². The summed E-state index contributed by atoms with van der Waals surface area (Å²) in [6.07, 6.45) is -1.69. The molecule has 1 N–H and O–H groups in total. The van der Waals surface area contributed by atoms with Gasteiger partial charge in [0.2, 0.25) is 0 Å². The summed E-state index contributed by atoms with van der Waals surface area (Å²) in [5.74, 6) is -0.837. The lowest BCUT2D eigenvalue weighted by molar-refractivity contribution is -0.199. The van der Waals surface area contributed by atoms with Crippen LogP contribution in [0.25, 0.3) is 0 Å². The largest absolute Gasteiger partial charge is 0.388 e. The van der Waals surface area contributed by atoms with Gasteiger partial charge in [0, 0.05) is 0 Å². The van der Waals surface area contributed by atoms with E-state index in [1.165, 1.54) is 0 Å². The molecule has 0 saturated carbocycles. The van der Waals surface area contributed by atoms with Gasteiger partial charge < -0.3 is 28.8 Å². The highest BCUT2D eigenvalue weighted by Crippen LogP contribution is 2.34. The molecule has 0 bridgehead atoms. The Bertz CT molecular complexity index is 1090. The zero-order valence-corrected chi connectivity index (χ0v) is 22.1. The summed E-state index contributed by atoms with van der Waals surface area (Å²) in [6.45, 7) is 8.72. The number of rotatable bonds is 14. The van der Waals surface area contributed by atoms with E-state index in [0.717, 1.165) is 16.7 Å². The van der Waals surface area contributed by atoms with Gasteiger partial charge in [0.1, 0.15) is 30.5 Å². The third-order valence-electron chi connectivity index (χ3n) is 6.39. The van der Waals surface area contributed by atoms with Crippen LogP contribution in [-0.4, -0.2) is 48.0 Å². The monoisotopic (exact) mass is 518 g/mol. The Morgan fingerprint density at radius 2 is 1.29 bits per heavy atom. The fraction of sp³-hybridized carbons (Fsp3) is 0.375. The van der Waals surface area contributed by atoms with Gasteiger partial charge in [0.15, 0.2) is 5.79 Å². The summed E-state index contributed by atoms with van der Waals surface area (Å²) in [6, 6.07) is 29.6. The molecule has 202 valence electrons. The highest BCUT2D eigenvalue weighted by molar-refractivity contribution is 5.15. The van der Waals surface area contributed by atoms with Crippen LogP contribution in [0.15, 0.2) is 104 Å². The van der Waals surface area contributed by atoms with Crippen molar-refractivity contribution in [1.82, 2.24) is 0 Å². The van der Waals surface area contributed by atoms with Crippen LogP contribution in [0, 0.1) is 0 Å². The Labute approximate surface area is 225 Å². The molecule has 6 nitrogen and oxygen atoms in total. The molecule has 1 aliphatic rings. The molecular weight excluding hydrogens is 480 g/mol. The minimum Gasteiger partial charge on any atom is -0.388 e. The van der Waals surface area contributed by atoms with E-state index < -0.39 is 36.3 Å². The lowest BCUT2D eigenvalue weighted by atomic mass is 9.98. The van der Waals surface area contributed by atoms with Crippen LogP contribution in [0.1, 0.15) is 30.5 Å². The number of hydrogen-bond acceptors (Lipinski definition) is 6. The highest BCUT2D eigenvalue weighted by atomic mass is 16.8. The van der Waals surface area contributed by atoms with Crippen molar-refractivity contribution in [3.05, 3.63) is 120 Å². The van der Waals surface area contributed by atoms with E-state index >= 15 is 0 Å². The highest BCUT2D eigenvalue weighted by Gasteiger charge is 2.48. The van der Waals surface area contributed by atoms with E-state index in [1.807, 2.05) is 105 Å². The Morgan fingerprint density at radius 3 is 1.82 bits per heavy atom. The maximum Gasteiger partial charge on any atom is 0.164 e. The lowest BCUT2D eigenvalue weighted by Gasteiger charge is -2.35. The van der Waals surface area contributed by atoms with Gasteiger partial charge >= 0.3 is 0 Å². The van der Waals surface area contributed by atoms with Gasteiger partial charge in [0.25, 0.3) is 0 Å². The predicted octanol–water partition coefficient (Wildman–Crippen LogP) is 5.44. The van der Waals surface area contributed by atoms with Crippen molar-refractivity contribution in [1.29, 1.82) is 0 Å². The Hall–Kier alpha value is -2.84. The van der Waals surface area contributed by atoms with Gasteiger partial charge in [-0.05, 0) is 30.5 Å². The van der Waals surface area contributed by atoms with Crippen LogP contribution in [0.3, 0.4) is 0 Å². The van der Waals surface area contributed by atoms with Crippen molar-refractivity contribution < 1.29 is 28.8 Å². The summed E-state index contributed by atoms with van der Waals surface area (Å²) in [7, 11) is 0. The molecule has 1 heterocycles. The summed E-state index contributed by atoms with van der Waals surface area (Å²) in [5, 5.41) is 11.4. The van der Waals surface area contributed by atoms with Crippen molar-refractivity contribution in [3.8, 4) is 0 Å². The number of hydrogen-bond donors (Lipinski definition) is 1. The first-order chi connectivity index (χ1) is 18.4. The van der Waals surface area contributed by atoms with E-state index in [-0.39, 0.29) is 6.61 Å². The number of ether oxygens (including phenoxy) is 5. The molecule has 3 aromatic rings. The van der Waals surface area contributed by atoms with Gasteiger partial charge in [-0.3, -0.25) is 0 Å². The van der Waals surface area contributed by atoms with Gasteiger partial charge in [-0.25, -0.2) is 0 Å². The summed E-state index contributed by atoms with van der Waals surface area (Å²) < 4.78 is 31.2. The van der Waals surface area contributed by atoms with E-state index in [0.29, 0.717) is 19.8 Å². The molecule has 38 heavy (non-hydrogen) atoms. The van der Waals surface area contributed by atoms with E-state index in [4.69, 9.17) is 23.7 Å². The smallest absolute Gasteiger partial charge is 0.164 e. The van der Waals surface area contributed by atoms with Crippen molar-refractivity contribution in [2.45, 2.75) is 70.0 Å². The van der Waals surface area contributed by atoms with Crippen LogP contribution in [0.5, 0.6) is 0 Å². The predicted molar refractivity (Wildman–Crippen MR) is 146 cm³/mol. The zero-order valence-electron chi connectivity index (χ0n) is 22.1. The van der Waals surface area contributed by atoms with Crippen LogP contribution in [0.4, 0.5) is 0 Å². The third-order valence-corrected chi connectivity index (χ3v) is 6.39. The van der Waals surface area contributed by atoms with E-state index in [9.17, 15) is 5.11 Å². The van der Waals surface area contributed by atoms with Crippen molar-refractivity contribution in [3.63, 3.8) is 0 Å². The summed E-state index contributed by atoms with van der Waals surface area (Å²) in [5.41, 5.74) is 3.02. The number of benzene rings is 3. The minimum absolute atomic E-state index is 0.0648. The SMILES string of the molecule is C=C[C@@H]1OC(C)(C)O[C@H]1[C@@H](OCc1ccccc1)[C@H](OCc1ccccc1)[C@H](O)COCc1ccccc1. The molecule has 0 aliphatic carbocycles. The van der Waals surface area contributed by atoms with Gasteiger partial charge in [0.05, 0.1) is 26.4 Å². The zero-order chi connectivity index (χ0) is 26.8. The fourth-order valence-corrected chi connectivity index (χ4v) is 4.56. The normalized spacial score (nSPS) is 21.0. The average Bonchev–Trinajstić information content (AvgIpc) is 3.26. The van der Waals surface area contributed by atoms with Crippen LogP contribution in [0.2, 0.25) is 0 Å². The molecule has 0 spiro atoms. The van der Waals surface area contributed by atoms with Crippen molar-refractivity contribution in [2.24, 2.45) is 0 Å². The molecule has 5 atom stereocenters. The minimum atomic E-state index is -0.985.